The van der Waals surface area contributed by atoms with E-state index in [9.17, 15) is 5.11 Å². The van der Waals surface area contributed by atoms with Crippen LogP contribution in [0.1, 0.15) is 23.5 Å². The molecule has 1 atom stereocenters. The van der Waals surface area contributed by atoms with Crippen LogP contribution < -0.4 is 9.47 Å². The molecule has 1 aromatic heterocycles. The number of aliphatic hydroxyl groups is 1. The Balaban J connectivity index is 2.12. The zero-order valence-corrected chi connectivity index (χ0v) is 11.1. The van der Waals surface area contributed by atoms with Crippen molar-refractivity contribution in [3.05, 3.63) is 40.3 Å². The molecular formula is C13H15NO3S. The van der Waals surface area contributed by atoms with Gasteiger partial charge in [-0.25, -0.2) is 0 Å². The van der Waals surface area contributed by atoms with E-state index in [1.54, 1.807) is 43.1 Å². The Morgan fingerprint density at radius 3 is 2.83 bits per heavy atom. The van der Waals surface area contributed by atoms with Crippen LogP contribution in [0.3, 0.4) is 0 Å². The number of rotatable bonds is 5. The fourth-order valence-corrected chi connectivity index (χ4v) is 2.03. The summed E-state index contributed by atoms with van der Waals surface area (Å²) in [7, 11) is 1.58. The van der Waals surface area contributed by atoms with E-state index in [4.69, 9.17) is 9.47 Å². The number of hydrogen-bond acceptors (Lipinski definition) is 5. The lowest BCUT2D eigenvalue weighted by atomic mass is 10.1. The van der Waals surface area contributed by atoms with E-state index >= 15 is 0 Å². The second kappa shape index (κ2) is 5.84. The number of methoxy groups -OCH3 is 1. The highest BCUT2D eigenvalue weighted by Gasteiger charge is 2.09. The molecule has 0 fully saturated rings. The number of aromatic nitrogens is 1. The van der Waals surface area contributed by atoms with Crippen LogP contribution in [0.5, 0.6) is 11.5 Å². The molecule has 4 nitrogen and oxygen atoms in total. The summed E-state index contributed by atoms with van der Waals surface area (Å²) in [6.45, 7) is 2.18. The smallest absolute Gasteiger partial charge is 0.161 e. The summed E-state index contributed by atoms with van der Waals surface area (Å²) >= 11 is 1.55. The van der Waals surface area contributed by atoms with Crippen LogP contribution in [-0.4, -0.2) is 17.2 Å². The molecule has 0 amide bonds. The van der Waals surface area contributed by atoms with Crippen molar-refractivity contribution >= 4 is 11.3 Å². The first kappa shape index (κ1) is 12.9. The molecule has 0 aliphatic carbocycles. The third kappa shape index (κ3) is 3.00. The number of ether oxygens (including phenoxy) is 2. The Bertz CT molecular complexity index is 497. The van der Waals surface area contributed by atoms with E-state index in [-0.39, 0.29) is 0 Å². The first-order valence-corrected chi connectivity index (χ1v) is 6.45. The number of hydrogen-bond donors (Lipinski definition) is 1. The van der Waals surface area contributed by atoms with Crippen LogP contribution in [-0.2, 0) is 6.61 Å². The molecule has 0 spiro atoms. The third-order valence-corrected chi connectivity index (χ3v) is 3.28. The van der Waals surface area contributed by atoms with Gasteiger partial charge in [-0.3, -0.25) is 4.98 Å². The average Bonchev–Trinajstić information content (AvgIpc) is 2.89. The largest absolute Gasteiger partial charge is 0.493 e. The maximum Gasteiger partial charge on any atom is 0.161 e. The highest BCUT2D eigenvalue weighted by Crippen LogP contribution is 2.31. The summed E-state index contributed by atoms with van der Waals surface area (Å²) < 4.78 is 10.9. The normalized spacial score (nSPS) is 12.2. The molecule has 0 saturated carbocycles. The summed E-state index contributed by atoms with van der Waals surface area (Å²) in [5, 5.41) is 9.51. The zero-order valence-electron chi connectivity index (χ0n) is 10.3. The van der Waals surface area contributed by atoms with Gasteiger partial charge in [0.1, 0.15) is 6.61 Å². The molecule has 0 aliphatic heterocycles. The van der Waals surface area contributed by atoms with Crippen LogP contribution >= 0.6 is 11.3 Å². The van der Waals surface area contributed by atoms with Crippen molar-refractivity contribution in [2.75, 3.05) is 7.11 Å². The predicted octanol–water partition coefficient (Wildman–Crippen LogP) is 2.78. The molecule has 1 heterocycles. The monoisotopic (exact) mass is 265 g/mol. The molecular weight excluding hydrogens is 250 g/mol. The maximum atomic E-state index is 9.51. The minimum Gasteiger partial charge on any atom is -0.493 e. The van der Waals surface area contributed by atoms with E-state index < -0.39 is 6.10 Å². The van der Waals surface area contributed by atoms with Gasteiger partial charge >= 0.3 is 0 Å². The lowest BCUT2D eigenvalue weighted by Gasteiger charge is -2.12. The molecule has 96 valence electrons. The minimum atomic E-state index is -0.519. The van der Waals surface area contributed by atoms with E-state index in [1.165, 1.54) is 0 Å². The SMILES string of the molecule is COc1cc([C@H](C)O)ccc1OCc1cncs1. The topological polar surface area (TPSA) is 51.6 Å². The van der Waals surface area contributed by atoms with Gasteiger partial charge in [-0.15, -0.1) is 11.3 Å². The number of nitrogens with zero attached hydrogens (tertiary/aromatic N) is 1. The van der Waals surface area contributed by atoms with Crippen molar-refractivity contribution in [2.24, 2.45) is 0 Å². The molecule has 2 rings (SSSR count). The summed E-state index contributed by atoms with van der Waals surface area (Å²) in [5.74, 6) is 1.29. The molecule has 1 N–H and O–H groups in total. The van der Waals surface area contributed by atoms with Crippen molar-refractivity contribution in [3.63, 3.8) is 0 Å². The number of benzene rings is 1. The van der Waals surface area contributed by atoms with Crippen molar-refractivity contribution in [3.8, 4) is 11.5 Å². The standard InChI is InChI=1S/C13H15NO3S/c1-9(15)10-3-4-12(13(5-10)16-2)17-7-11-6-14-8-18-11/h3-6,8-9,15H,7H2,1-2H3/t9-/m0/s1. The fourth-order valence-electron chi connectivity index (χ4n) is 1.53. The van der Waals surface area contributed by atoms with Crippen molar-refractivity contribution in [1.29, 1.82) is 0 Å². The van der Waals surface area contributed by atoms with Crippen LogP contribution in [0.2, 0.25) is 0 Å². The molecule has 18 heavy (non-hydrogen) atoms. The molecule has 5 heteroatoms. The molecule has 0 saturated heterocycles. The first-order valence-electron chi connectivity index (χ1n) is 5.57. The van der Waals surface area contributed by atoms with Gasteiger partial charge in [0.25, 0.3) is 0 Å². The van der Waals surface area contributed by atoms with E-state index in [1.807, 2.05) is 12.1 Å². The Morgan fingerprint density at radius 1 is 1.39 bits per heavy atom. The summed E-state index contributed by atoms with van der Waals surface area (Å²) in [4.78, 5) is 5.04. The van der Waals surface area contributed by atoms with Gasteiger partial charge in [0, 0.05) is 6.20 Å². The van der Waals surface area contributed by atoms with E-state index in [2.05, 4.69) is 4.98 Å². The zero-order chi connectivity index (χ0) is 13.0. The van der Waals surface area contributed by atoms with Crippen molar-refractivity contribution in [1.82, 2.24) is 4.98 Å². The van der Waals surface area contributed by atoms with Gasteiger partial charge < -0.3 is 14.6 Å². The second-order valence-electron chi connectivity index (χ2n) is 3.84. The Hall–Kier alpha value is -1.59. The lowest BCUT2D eigenvalue weighted by molar-refractivity contribution is 0.198. The van der Waals surface area contributed by atoms with Gasteiger partial charge in [0.15, 0.2) is 11.5 Å². The molecule has 0 bridgehead atoms. The molecule has 0 aliphatic rings. The maximum absolute atomic E-state index is 9.51. The minimum absolute atomic E-state index is 0.467. The lowest BCUT2D eigenvalue weighted by Crippen LogP contribution is -1.98. The first-order chi connectivity index (χ1) is 8.70. The van der Waals surface area contributed by atoms with Gasteiger partial charge in [-0.2, -0.15) is 0 Å². The van der Waals surface area contributed by atoms with Crippen molar-refractivity contribution < 1.29 is 14.6 Å². The van der Waals surface area contributed by atoms with Crippen molar-refractivity contribution in [2.45, 2.75) is 19.6 Å². The van der Waals surface area contributed by atoms with Crippen LogP contribution in [0.4, 0.5) is 0 Å². The fraction of sp³-hybridized carbons (Fsp3) is 0.308. The molecule has 2 aromatic rings. The quantitative estimate of drug-likeness (QED) is 0.903. The average molecular weight is 265 g/mol. The number of thiazole rings is 1. The summed E-state index contributed by atoms with van der Waals surface area (Å²) in [5.41, 5.74) is 2.57. The van der Waals surface area contributed by atoms with Gasteiger partial charge in [-0.1, -0.05) is 6.07 Å². The Kier molecular flexibility index (Phi) is 4.17. The highest BCUT2D eigenvalue weighted by molar-refractivity contribution is 7.09. The third-order valence-electron chi connectivity index (χ3n) is 2.52. The molecule has 0 unspecified atom stereocenters. The van der Waals surface area contributed by atoms with Gasteiger partial charge in [0.2, 0.25) is 0 Å². The predicted molar refractivity (Wildman–Crippen MR) is 70.1 cm³/mol. The van der Waals surface area contributed by atoms with Crippen LogP contribution in [0.25, 0.3) is 0 Å². The van der Waals surface area contributed by atoms with Gasteiger partial charge in [0.05, 0.1) is 23.6 Å². The Morgan fingerprint density at radius 2 is 2.22 bits per heavy atom. The van der Waals surface area contributed by atoms with Crippen LogP contribution in [0, 0.1) is 0 Å². The number of aliphatic hydroxyl groups excluding tert-OH is 1. The van der Waals surface area contributed by atoms with E-state index in [0.717, 1.165) is 10.4 Å². The molecule has 1 aromatic carbocycles. The van der Waals surface area contributed by atoms with Crippen LogP contribution in [0.15, 0.2) is 29.9 Å². The second-order valence-corrected chi connectivity index (χ2v) is 4.81. The summed E-state index contributed by atoms with van der Waals surface area (Å²) in [6, 6.07) is 5.42. The van der Waals surface area contributed by atoms with E-state index in [0.29, 0.717) is 18.1 Å². The highest BCUT2D eigenvalue weighted by atomic mass is 32.1. The Labute approximate surface area is 110 Å². The molecule has 0 radical (unpaired) electrons. The summed E-state index contributed by atoms with van der Waals surface area (Å²) in [6.07, 6.45) is 1.26. The van der Waals surface area contributed by atoms with Gasteiger partial charge in [-0.05, 0) is 24.6 Å².